The number of hydrogen-bond donors (Lipinski definition) is 1. The van der Waals surface area contributed by atoms with E-state index in [9.17, 15) is 0 Å². The Morgan fingerprint density at radius 1 is 0.833 bits per heavy atom. The van der Waals surface area contributed by atoms with Gasteiger partial charge in [0.1, 0.15) is 0 Å². The van der Waals surface area contributed by atoms with Crippen molar-refractivity contribution in [3.05, 3.63) is 90.0 Å². The predicted octanol–water partition coefficient (Wildman–Crippen LogP) is 4.76. The zero-order chi connectivity index (χ0) is 16.4. The van der Waals surface area contributed by atoms with Crippen LogP contribution < -0.4 is 5.43 Å². The van der Waals surface area contributed by atoms with Crippen molar-refractivity contribution < 1.29 is 0 Å². The molecule has 0 amide bonds. The third-order valence-corrected chi connectivity index (χ3v) is 4.15. The van der Waals surface area contributed by atoms with E-state index in [2.05, 4.69) is 59.5 Å². The van der Waals surface area contributed by atoms with E-state index in [0.29, 0.717) is 0 Å². The molecule has 1 aromatic heterocycles. The van der Waals surface area contributed by atoms with E-state index < -0.39 is 0 Å². The number of aryl methyl sites for hydroxylation is 1. The number of imidazole rings is 1. The van der Waals surface area contributed by atoms with Crippen LogP contribution in [-0.2, 0) is 6.54 Å². The Morgan fingerprint density at radius 3 is 2.33 bits per heavy atom. The van der Waals surface area contributed by atoms with Crippen molar-refractivity contribution in [2.45, 2.75) is 13.5 Å². The Morgan fingerprint density at radius 2 is 1.54 bits per heavy atom. The average Bonchev–Trinajstić information content (AvgIpc) is 3.01. The van der Waals surface area contributed by atoms with Gasteiger partial charge in [0.2, 0.25) is 0 Å². The van der Waals surface area contributed by atoms with Gasteiger partial charge in [-0.25, -0.2) is 9.66 Å². The molecule has 0 aliphatic rings. The minimum atomic E-state index is 0.750. The monoisotopic (exact) mass is 313 g/mol. The number of fused-ring (bicyclic) bond motifs is 1. The Labute approximate surface area is 141 Å². The van der Waals surface area contributed by atoms with Gasteiger partial charge in [0.15, 0.2) is 5.82 Å². The topological polar surface area (TPSA) is 29.9 Å². The van der Waals surface area contributed by atoms with Crippen molar-refractivity contribution in [3.63, 3.8) is 0 Å². The van der Waals surface area contributed by atoms with Crippen molar-refractivity contribution >= 4 is 11.0 Å². The molecule has 4 rings (SSSR count). The molecule has 0 atom stereocenters. The third-order valence-electron chi connectivity index (χ3n) is 4.15. The van der Waals surface area contributed by atoms with Gasteiger partial charge in [-0.15, -0.1) is 0 Å². The minimum Gasteiger partial charge on any atom is -0.319 e. The van der Waals surface area contributed by atoms with Gasteiger partial charge in [-0.2, -0.15) is 0 Å². The number of rotatable bonds is 4. The summed E-state index contributed by atoms with van der Waals surface area (Å²) in [5, 5.41) is 0. The highest BCUT2D eigenvalue weighted by Gasteiger charge is 2.11. The predicted molar refractivity (Wildman–Crippen MR) is 99.4 cm³/mol. The highest BCUT2D eigenvalue weighted by molar-refractivity contribution is 5.80. The molecule has 0 spiro atoms. The molecule has 0 fully saturated rings. The maximum absolute atomic E-state index is 4.81. The first-order chi connectivity index (χ1) is 11.8. The second kappa shape index (κ2) is 6.20. The molecule has 4 aromatic rings. The fraction of sp³-hybridized carbons (Fsp3) is 0.0952. The molecular formula is C21H19N3. The molecule has 0 radical (unpaired) electrons. The summed E-state index contributed by atoms with van der Waals surface area (Å²) in [7, 11) is 0. The lowest BCUT2D eigenvalue weighted by molar-refractivity contribution is 0.870. The van der Waals surface area contributed by atoms with Gasteiger partial charge >= 0.3 is 0 Å². The minimum absolute atomic E-state index is 0.750. The summed E-state index contributed by atoms with van der Waals surface area (Å²) in [6.07, 6.45) is 0. The molecule has 24 heavy (non-hydrogen) atoms. The van der Waals surface area contributed by atoms with Crippen molar-refractivity contribution in [2.24, 2.45) is 0 Å². The summed E-state index contributed by atoms with van der Waals surface area (Å²) in [6.45, 7) is 2.86. The van der Waals surface area contributed by atoms with E-state index >= 15 is 0 Å². The number of para-hydroxylation sites is 2. The number of nitrogens with one attached hydrogen (secondary N) is 1. The first kappa shape index (κ1) is 14.5. The summed E-state index contributed by atoms with van der Waals surface area (Å²) < 4.78 is 2.09. The van der Waals surface area contributed by atoms with Crippen LogP contribution in [0.25, 0.3) is 22.4 Å². The van der Waals surface area contributed by atoms with E-state index in [1.807, 2.05) is 36.4 Å². The summed E-state index contributed by atoms with van der Waals surface area (Å²) in [5.74, 6) is 0.934. The molecular weight excluding hydrogens is 294 g/mol. The van der Waals surface area contributed by atoms with Crippen LogP contribution in [0.3, 0.4) is 0 Å². The fourth-order valence-corrected chi connectivity index (χ4v) is 2.84. The molecule has 1 N–H and O–H groups in total. The molecule has 0 saturated carbocycles. The van der Waals surface area contributed by atoms with E-state index in [1.54, 1.807) is 0 Å². The molecule has 0 unspecified atom stereocenters. The normalized spacial score (nSPS) is 10.9. The van der Waals surface area contributed by atoms with Crippen LogP contribution in [-0.4, -0.2) is 9.66 Å². The first-order valence-electron chi connectivity index (χ1n) is 8.13. The maximum atomic E-state index is 4.81. The number of nitrogens with zero attached hydrogens (tertiary/aromatic N) is 2. The molecule has 3 heteroatoms. The van der Waals surface area contributed by atoms with Gasteiger partial charge in [0.25, 0.3) is 0 Å². The summed E-state index contributed by atoms with van der Waals surface area (Å²) >= 11 is 0. The molecule has 3 aromatic carbocycles. The van der Waals surface area contributed by atoms with Crippen molar-refractivity contribution in [2.75, 3.05) is 5.43 Å². The lowest BCUT2D eigenvalue weighted by Gasteiger charge is -2.12. The first-order valence-corrected chi connectivity index (χ1v) is 8.13. The Kier molecular flexibility index (Phi) is 3.75. The van der Waals surface area contributed by atoms with Crippen LogP contribution in [0.4, 0.5) is 0 Å². The van der Waals surface area contributed by atoms with Gasteiger partial charge in [-0.3, -0.25) is 0 Å². The zero-order valence-electron chi connectivity index (χ0n) is 13.6. The zero-order valence-corrected chi connectivity index (χ0v) is 13.6. The molecule has 0 aliphatic carbocycles. The van der Waals surface area contributed by atoms with E-state index in [4.69, 9.17) is 4.98 Å². The Bertz CT molecular complexity index is 953. The van der Waals surface area contributed by atoms with Crippen LogP contribution in [0.2, 0.25) is 0 Å². The fourth-order valence-electron chi connectivity index (χ4n) is 2.84. The molecule has 118 valence electrons. The quantitative estimate of drug-likeness (QED) is 0.589. The van der Waals surface area contributed by atoms with Crippen LogP contribution in [0, 0.1) is 6.92 Å². The summed E-state index contributed by atoms with van der Waals surface area (Å²) in [6, 6.07) is 27.1. The molecule has 3 nitrogen and oxygen atoms in total. The van der Waals surface area contributed by atoms with Gasteiger partial charge in [-0.05, 0) is 24.6 Å². The molecule has 1 heterocycles. The molecule has 0 saturated heterocycles. The SMILES string of the molecule is Cc1ccc(CNn2c(-c3ccccc3)nc3ccccc32)cc1. The van der Waals surface area contributed by atoms with Gasteiger partial charge in [0.05, 0.1) is 17.6 Å². The summed E-state index contributed by atoms with van der Waals surface area (Å²) in [5.41, 5.74) is 9.23. The largest absolute Gasteiger partial charge is 0.319 e. The molecule has 0 bridgehead atoms. The highest BCUT2D eigenvalue weighted by Crippen LogP contribution is 2.23. The van der Waals surface area contributed by atoms with E-state index in [1.165, 1.54) is 11.1 Å². The second-order valence-corrected chi connectivity index (χ2v) is 5.95. The molecule has 0 aliphatic heterocycles. The van der Waals surface area contributed by atoms with Crippen molar-refractivity contribution in [1.29, 1.82) is 0 Å². The van der Waals surface area contributed by atoms with E-state index in [0.717, 1.165) is 29.0 Å². The Hall–Kier alpha value is -3.07. The Balaban J connectivity index is 1.74. The van der Waals surface area contributed by atoms with Gasteiger partial charge < -0.3 is 5.43 Å². The standard InChI is InChI=1S/C21H19N3/c1-16-11-13-17(14-12-16)15-22-24-20-10-6-5-9-19(20)23-21(24)18-7-3-2-4-8-18/h2-14,22H,15H2,1H3. The third kappa shape index (κ3) is 2.76. The van der Waals surface area contributed by atoms with Crippen LogP contribution >= 0.6 is 0 Å². The highest BCUT2D eigenvalue weighted by atomic mass is 15.4. The number of hydrogen-bond acceptors (Lipinski definition) is 2. The van der Waals surface area contributed by atoms with Gasteiger partial charge in [-0.1, -0.05) is 72.3 Å². The maximum Gasteiger partial charge on any atom is 0.159 e. The average molecular weight is 313 g/mol. The number of aromatic nitrogens is 2. The lowest BCUT2D eigenvalue weighted by Crippen LogP contribution is -2.15. The van der Waals surface area contributed by atoms with Crippen molar-refractivity contribution in [3.8, 4) is 11.4 Å². The van der Waals surface area contributed by atoms with E-state index in [-0.39, 0.29) is 0 Å². The second-order valence-electron chi connectivity index (χ2n) is 5.95. The van der Waals surface area contributed by atoms with Crippen molar-refractivity contribution in [1.82, 2.24) is 9.66 Å². The van der Waals surface area contributed by atoms with Gasteiger partial charge in [0, 0.05) is 5.56 Å². The summed E-state index contributed by atoms with van der Waals surface area (Å²) in [4.78, 5) is 4.81. The number of benzene rings is 3. The van der Waals surface area contributed by atoms with Crippen LogP contribution in [0.15, 0.2) is 78.9 Å². The smallest absolute Gasteiger partial charge is 0.159 e. The van der Waals surface area contributed by atoms with Crippen LogP contribution in [0.5, 0.6) is 0 Å². The van der Waals surface area contributed by atoms with Crippen LogP contribution in [0.1, 0.15) is 11.1 Å². The lowest BCUT2D eigenvalue weighted by atomic mass is 10.1.